The van der Waals surface area contributed by atoms with Gasteiger partial charge in [-0.3, -0.25) is 4.57 Å². The average Bonchev–Trinajstić information content (AvgIpc) is 2.79. The van der Waals surface area contributed by atoms with Gasteiger partial charge in [-0.1, -0.05) is 31.6 Å². The quantitative estimate of drug-likeness (QED) is 0.588. The van der Waals surface area contributed by atoms with Crippen molar-refractivity contribution >= 4 is 27.6 Å². The van der Waals surface area contributed by atoms with Crippen LogP contribution in [0.3, 0.4) is 0 Å². The monoisotopic (exact) mass is 361 g/mol. The number of aliphatic hydroxyl groups excluding tert-OH is 1. The van der Waals surface area contributed by atoms with Crippen molar-refractivity contribution in [1.82, 2.24) is 9.55 Å². The van der Waals surface area contributed by atoms with Gasteiger partial charge >= 0.3 is 5.69 Å². The molecular weight excluding hydrogens is 338 g/mol. The Balaban J connectivity index is 1.99. The van der Waals surface area contributed by atoms with Crippen molar-refractivity contribution in [3.63, 3.8) is 0 Å². The van der Waals surface area contributed by atoms with Crippen molar-refractivity contribution in [2.75, 3.05) is 18.4 Å². The second kappa shape index (κ2) is 7.89. The molecule has 7 nitrogen and oxygen atoms in total. The molecule has 3 atom stereocenters. The number of aromatic nitrogens is 2. The van der Waals surface area contributed by atoms with E-state index in [-0.39, 0.29) is 4.75 Å². The van der Waals surface area contributed by atoms with Gasteiger partial charge in [0.1, 0.15) is 18.1 Å². The second-order valence-corrected chi connectivity index (χ2v) is 9.03. The summed E-state index contributed by atoms with van der Waals surface area (Å²) in [6.45, 7) is 6.62. The summed E-state index contributed by atoms with van der Waals surface area (Å²) in [5, 5.41) is 9.93. The number of methoxy groups -OCH3 is 1. The molecule has 0 aromatic carbocycles. The normalized spacial score (nSPS) is 24.8. The lowest BCUT2D eigenvalue weighted by Gasteiger charge is -2.17. The van der Waals surface area contributed by atoms with Crippen LogP contribution in [0.1, 0.15) is 33.4 Å². The molecule has 0 radical (unpaired) electrons. The second-order valence-electron chi connectivity index (χ2n) is 6.27. The van der Waals surface area contributed by atoms with Crippen LogP contribution in [0.5, 0.6) is 0 Å². The summed E-state index contributed by atoms with van der Waals surface area (Å²) in [5.74, 6) is 0.500. The van der Waals surface area contributed by atoms with Gasteiger partial charge in [0.2, 0.25) is 0 Å². The van der Waals surface area contributed by atoms with E-state index in [1.54, 1.807) is 30.2 Å². The van der Waals surface area contributed by atoms with E-state index in [0.717, 1.165) is 0 Å². The fraction of sp³-hybridized carbons (Fsp3) is 0.714. The van der Waals surface area contributed by atoms with Gasteiger partial charge in [-0.2, -0.15) is 4.98 Å². The summed E-state index contributed by atoms with van der Waals surface area (Å²) in [4.78, 5) is 16.2. The first kappa shape index (κ1) is 18.6. The maximum absolute atomic E-state index is 12.2. The van der Waals surface area contributed by atoms with Gasteiger partial charge in [0.05, 0.1) is 12.7 Å². The predicted octanol–water partition coefficient (Wildman–Crippen LogP) is 2.04. The maximum atomic E-state index is 12.2. The van der Waals surface area contributed by atoms with Gasteiger partial charge in [0, 0.05) is 35.5 Å². The summed E-state index contributed by atoms with van der Waals surface area (Å²) in [6.07, 6.45) is 0.386. The minimum Gasteiger partial charge on any atom is -0.390 e. The molecule has 0 saturated carbocycles. The fourth-order valence-corrected chi connectivity index (χ4v) is 3.70. The Morgan fingerprint density at radius 2 is 2.30 bits per heavy atom. The van der Waals surface area contributed by atoms with Crippen molar-refractivity contribution in [3.05, 3.63) is 22.7 Å². The highest BCUT2D eigenvalue weighted by molar-refractivity contribution is 8.77. The van der Waals surface area contributed by atoms with Crippen LogP contribution < -0.4 is 10.4 Å². The topological polar surface area (TPSA) is 85.6 Å². The Kier molecular flexibility index (Phi) is 6.38. The standard InChI is InChI=1S/C14H23N3O4S2/c1-14(2,3)22-23-16-11-5-6-17(13(19)15-11)12-7-9(18)10(21-12)8-20-4/h5-6,9-10,12,18H,7-8H2,1-4H3,(H,15,16,19)/t9?,10-,12-/m1/s1. The lowest BCUT2D eigenvalue weighted by molar-refractivity contribution is -0.0546. The van der Waals surface area contributed by atoms with Gasteiger partial charge in [0.15, 0.2) is 0 Å². The Morgan fingerprint density at radius 3 is 2.91 bits per heavy atom. The summed E-state index contributed by atoms with van der Waals surface area (Å²) in [6, 6.07) is 1.72. The molecule has 1 aliphatic rings. The molecule has 0 aliphatic carbocycles. The van der Waals surface area contributed by atoms with Crippen LogP contribution >= 0.6 is 21.8 Å². The Bertz CT molecular complexity index is 576. The molecule has 1 unspecified atom stereocenters. The summed E-state index contributed by atoms with van der Waals surface area (Å²) in [7, 11) is 4.64. The molecule has 23 heavy (non-hydrogen) atoms. The number of hydrogen-bond donors (Lipinski definition) is 2. The zero-order valence-corrected chi connectivity index (χ0v) is 15.3. The zero-order chi connectivity index (χ0) is 17.0. The van der Waals surface area contributed by atoms with Crippen molar-refractivity contribution in [3.8, 4) is 0 Å². The molecule has 1 aliphatic heterocycles. The first-order valence-corrected chi connectivity index (χ1v) is 9.47. The lowest BCUT2D eigenvalue weighted by Crippen LogP contribution is -2.28. The molecule has 2 heterocycles. The van der Waals surface area contributed by atoms with Crippen LogP contribution in [-0.2, 0) is 9.47 Å². The smallest absolute Gasteiger partial charge is 0.351 e. The third kappa shape index (κ3) is 5.39. The van der Waals surface area contributed by atoms with Gasteiger partial charge in [-0.05, 0) is 6.07 Å². The Labute approximate surface area is 143 Å². The molecule has 1 fully saturated rings. The van der Waals surface area contributed by atoms with Crippen molar-refractivity contribution < 1.29 is 14.6 Å². The van der Waals surface area contributed by atoms with Crippen LogP contribution in [0.4, 0.5) is 5.82 Å². The molecule has 0 spiro atoms. The van der Waals surface area contributed by atoms with Crippen LogP contribution in [-0.4, -0.2) is 45.3 Å². The Hall–Kier alpha value is -0.740. The first-order chi connectivity index (χ1) is 10.8. The highest BCUT2D eigenvalue weighted by atomic mass is 33.1. The minimum atomic E-state index is -0.650. The van der Waals surface area contributed by atoms with Gasteiger partial charge in [-0.25, -0.2) is 4.79 Å². The number of aliphatic hydroxyl groups is 1. The van der Waals surface area contributed by atoms with Crippen LogP contribution in [0.2, 0.25) is 0 Å². The van der Waals surface area contributed by atoms with E-state index in [9.17, 15) is 9.90 Å². The predicted molar refractivity (Wildman–Crippen MR) is 93.5 cm³/mol. The minimum absolute atomic E-state index is 0.108. The lowest BCUT2D eigenvalue weighted by atomic mass is 10.2. The Morgan fingerprint density at radius 1 is 1.57 bits per heavy atom. The number of nitrogens with one attached hydrogen (secondary N) is 1. The van der Waals surface area contributed by atoms with Gasteiger partial charge in [0.25, 0.3) is 0 Å². The third-order valence-electron chi connectivity index (χ3n) is 3.11. The van der Waals surface area contributed by atoms with Crippen molar-refractivity contribution in [1.29, 1.82) is 0 Å². The third-order valence-corrected chi connectivity index (χ3v) is 5.99. The average molecular weight is 361 g/mol. The molecule has 2 N–H and O–H groups in total. The van der Waals surface area contributed by atoms with Crippen molar-refractivity contribution in [2.45, 2.75) is 50.4 Å². The molecular formula is C14H23N3O4S2. The molecule has 1 saturated heterocycles. The highest BCUT2D eigenvalue weighted by Gasteiger charge is 2.35. The molecule has 1 aromatic rings. The van der Waals surface area contributed by atoms with E-state index < -0.39 is 24.1 Å². The largest absolute Gasteiger partial charge is 0.390 e. The molecule has 1 aromatic heterocycles. The summed E-state index contributed by atoms with van der Waals surface area (Å²) in [5.41, 5.74) is -0.411. The maximum Gasteiger partial charge on any atom is 0.351 e. The van der Waals surface area contributed by atoms with Gasteiger partial charge in [-0.15, -0.1) is 0 Å². The fourth-order valence-electron chi connectivity index (χ4n) is 2.08. The number of ether oxygens (including phenoxy) is 2. The van der Waals surface area contributed by atoms with E-state index in [0.29, 0.717) is 18.8 Å². The van der Waals surface area contributed by atoms with Crippen LogP contribution in [0.15, 0.2) is 17.1 Å². The van der Waals surface area contributed by atoms with E-state index in [2.05, 4.69) is 30.5 Å². The molecule has 9 heteroatoms. The number of rotatable bonds is 6. The van der Waals surface area contributed by atoms with Crippen LogP contribution in [0.25, 0.3) is 0 Å². The van der Waals surface area contributed by atoms with Crippen molar-refractivity contribution in [2.24, 2.45) is 0 Å². The zero-order valence-electron chi connectivity index (χ0n) is 13.7. The van der Waals surface area contributed by atoms with E-state index >= 15 is 0 Å². The highest BCUT2D eigenvalue weighted by Crippen LogP contribution is 2.35. The molecule has 2 rings (SSSR count). The number of hydrogen-bond acceptors (Lipinski definition) is 8. The van der Waals surface area contributed by atoms with E-state index in [1.165, 1.54) is 15.5 Å². The molecule has 0 amide bonds. The molecule has 0 bridgehead atoms. The molecule has 130 valence electrons. The van der Waals surface area contributed by atoms with Gasteiger partial charge < -0.3 is 19.3 Å². The SMILES string of the molecule is COC[C@H]1O[C@@H](n2ccc(NSSC(C)(C)C)nc2=O)CC1O. The van der Waals surface area contributed by atoms with E-state index in [1.807, 2.05) is 0 Å². The number of anilines is 1. The number of nitrogens with zero attached hydrogens (tertiary/aromatic N) is 2. The summed E-state index contributed by atoms with van der Waals surface area (Å²) >= 11 is 0. The summed E-state index contributed by atoms with van der Waals surface area (Å²) < 4.78 is 15.2. The first-order valence-electron chi connectivity index (χ1n) is 7.32. The van der Waals surface area contributed by atoms with Crippen LogP contribution in [0, 0.1) is 0 Å². The van der Waals surface area contributed by atoms with E-state index in [4.69, 9.17) is 9.47 Å².